The molecule has 0 saturated carbocycles. The lowest BCUT2D eigenvalue weighted by molar-refractivity contribution is 0.386. The van der Waals surface area contributed by atoms with Crippen molar-refractivity contribution >= 4 is 0 Å². The summed E-state index contributed by atoms with van der Waals surface area (Å²) in [6, 6.07) is 13.4. The van der Waals surface area contributed by atoms with Gasteiger partial charge >= 0.3 is 0 Å². The molecule has 2 heterocycles. The van der Waals surface area contributed by atoms with E-state index in [1.807, 2.05) is 43.3 Å². The number of aryl methyl sites for hydroxylation is 1. The number of ether oxygens (including phenoxy) is 1. The number of nitrogens with two attached hydrogens (primary N) is 1. The fraction of sp³-hybridized carbons (Fsp3) is 0.300. The summed E-state index contributed by atoms with van der Waals surface area (Å²) in [5, 5.41) is 9.60. The summed E-state index contributed by atoms with van der Waals surface area (Å²) in [7, 11) is 0. The molecule has 0 radical (unpaired) electrons. The van der Waals surface area contributed by atoms with Crippen LogP contribution in [0.3, 0.4) is 0 Å². The van der Waals surface area contributed by atoms with E-state index < -0.39 is 5.92 Å². The maximum Gasteiger partial charge on any atom is 0.258 e. The second kappa shape index (κ2) is 6.48. The van der Waals surface area contributed by atoms with Gasteiger partial charge in [-0.1, -0.05) is 44.2 Å². The topological polar surface area (TPSA) is 81.0 Å². The predicted octanol–water partition coefficient (Wildman–Crippen LogP) is 3.03. The molecule has 1 atom stereocenters. The van der Waals surface area contributed by atoms with Gasteiger partial charge in [-0.05, 0) is 18.4 Å². The minimum atomic E-state index is -0.513. The fourth-order valence-corrected chi connectivity index (χ4v) is 3.26. The second-order valence-corrected chi connectivity index (χ2v) is 6.71. The SMILES string of the molecule is Cc1cc2c(c(=O)n1CC(C)C)[C@@H](c1ccccc1)C(C#N)=C(N)O2. The molecule has 1 aliphatic rings. The summed E-state index contributed by atoms with van der Waals surface area (Å²) < 4.78 is 7.38. The van der Waals surface area contributed by atoms with Crippen molar-refractivity contribution in [1.29, 1.82) is 5.26 Å². The number of pyridine rings is 1. The van der Waals surface area contributed by atoms with Crippen molar-refractivity contribution in [2.24, 2.45) is 11.7 Å². The van der Waals surface area contributed by atoms with Crippen LogP contribution in [0.15, 0.2) is 52.6 Å². The van der Waals surface area contributed by atoms with Crippen LogP contribution in [0.1, 0.15) is 36.6 Å². The zero-order chi connectivity index (χ0) is 18.1. The minimum Gasteiger partial charge on any atom is -0.440 e. The minimum absolute atomic E-state index is 0.0595. The number of hydrogen-bond donors (Lipinski definition) is 1. The lowest BCUT2D eigenvalue weighted by Gasteiger charge is -2.27. The van der Waals surface area contributed by atoms with Crippen LogP contribution < -0.4 is 16.0 Å². The third kappa shape index (κ3) is 2.91. The van der Waals surface area contributed by atoms with E-state index >= 15 is 0 Å². The fourth-order valence-electron chi connectivity index (χ4n) is 3.26. The predicted molar refractivity (Wildman–Crippen MR) is 96.0 cm³/mol. The highest BCUT2D eigenvalue weighted by molar-refractivity contribution is 5.55. The molecule has 0 bridgehead atoms. The Morgan fingerprint density at radius 1 is 1.32 bits per heavy atom. The van der Waals surface area contributed by atoms with Gasteiger partial charge in [-0.25, -0.2) is 0 Å². The van der Waals surface area contributed by atoms with E-state index in [1.165, 1.54) is 0 Å². The number of nitrogens with zero attached hydrogens (tertiary/aromatic N) is 2. The van der Waals surface area contributed by atoms with Gasteiger partial charge in [-0.2, -0.15) is 5.26 Å². The van der Waals surface area contributed by atoms with Crippen LogP contribution in [0.4, 0.5) is 0 Å². The molecular weight excluding hydrogens is 314 g/mol. The standard InChI is InChI=1S/C20H21N3O2/c1-12(2)11-23-13(3)9-16-18(20(23)24)17(14-7-5-4-6-8-14)15(10-21)19(22)25-16/h4-9,12,17H,11,22H2,1-3H3/t17-/m0/s1. The monoisotopic (exact) mass is 335 g/mol. The molecule has 1 aromatic heterocycles. The van der Waals surface area contributed by atoms with Crippen molar-refractivity contribution in [2.45, 2.75) is 33.2 Å². The van der Waals surface area contributed by atoms with Gasteiger partial charge in [0.25, 0.3) is 5.56 Å². The van der Waals surface area contributed by atoms with E-state index in [-0.39, 0.29) is 17.0 Å². The molecule has 0 saturated heterocycles. The molecule has 1 aromatic carbocycles. The first-order valence-electron chi connectivity index (χ1n) is 8.31. The van der Waals surface area contributed by atoms with Gasteiger partial charge in [0, 0.05) is 18.3 Å². The van der Waals surface area contributed by atoms with Crippen molar-refractivity contribution in [3.63, 3.8) is 0 Å². The van der Waals surface area contributed by atoms with E-state index in [0.717, 1.165) is 11.3 Å². The first-order valence-corrected chi connectivity index (χ1v) is 8.31. The third-order valence-electron chi connectivity index (χ3n) is 4.37. The van der Waals surface area contributed by atoms with Crippen molar-refractivity contribution in [3.8, 4) is 11.8 Å². The largest absolute Gasteiger partial charge is 0.440 e. The number of fused-ring (bicyclic) bond motifs is 1. The van der Waals surface area contributed by atoms with Crippen LogP contribution in [0.5, 0.6) is 5.75 Å². The zero-order valence-corrected chi connectivity index (χ0v) is 14.6. The van der Waals surface area contributed by atoms with Crippen LogP contribution in [0.2, 0.25) is 0 Å². The summed E-state index contributed by atoms with van der Waals surface area (Å²) in [6.45, 7) is 6.62. The molecular formula is C20H21N3O2. The summed E-state index contributed by atoms with van der Waals surface area (Å²) in [4.78, 5) is 13.2. The Kier molecular flexibility index (Phi) is 4.37. The van der Waals surface area contributed by atoms with Crippen molar-refractivity contribution < 1.29 is 4.74 Å². The Labute approximate surface area is 147 Å². The molecule has 0 unspecified atom stereocenters. The Bertz CT molecular complexity index is 934. The van der Waals surface area contributed by atoms with Crippen molar-refractivity contribution in [1.82, 2.24) is 4.57 Å². The number of rotatable bonds is 3. The molecule has 1 aliphatic heterocycles. The maximum absolute atomic E-state index is 13.2. The normalized spacial score (nSPS) is 16.4. The van der Waals surface area contributed by atoms with E-state index in [2.05, 4.69) is 19.9 Å². The Morgan fingerprint density at radius 2 is 2.00 bits per heavy atom. The van der Waals surface area contributed by atoms with Crippen LogP contribution >= 0.6 is 0 Å². The maximum atomic E-state index is 13.2. The van der Waals surface area contributed by atoms with Crippen LogP contribution in [0, 0.1) is 24.2 Å². The summed E-state index contributed by atoms with van der Waals surface area (Å²) in [5.41, 5.74) is 8.27. The Hall–Kier alpha value is -3.00. The van der Waals surface area contributed by atoms with E-state index in [0.29, 0.717) is 23.8 Å². The molecule has 2 aromatic rings. The van der Waals surface area contributed by atoms with Crippen LogP contribution in [-0.4, -0.2) is 4.57 Å². The third-order valence-corrected chi connectivity index (χ3v) is 4.37. The number of allylic oxidation sites excluding steroid dienone is 1. The highest BCUT2D eigenvalue weighted by Crippen LogP contribution is 2.40. The number of benzene rings is 1. The van der Waals surface area contributed by atoms with Gasteiger partial charge in [0.05, 0.1) is 11.5 Å². The van der Waals surface area contributed by atoms with Crippen LogP contribution in [0.25, 0.3) is 0 Å². The van der Waals surface area contributed by atoms with E-state index in [9.17, 15) is 10.1 Å². The van der Waals surface area contributed by atoms with Gasteiger partial charge in [0.1, 0.15) is 17.4 Å². The number of nitriles is 1. The highest BCUT2D eigenvalue weighted by Gasteiger charge is 2.34. The Balaban J connectivity index is 2.30. The average molecular weight is 335 g/mol. The first-order chi connectivity index (χ1) is 11.9. The molecule has 0 aliphatic carbocycles. The molecule has 0 fully saturated rings. The summed E-state index contributed by atoms with van der Waals surface area (Å²) in [5.74, 6) is 0.309. The summed E-state index contributed by atoms with van der Waals surface area (Å²) >= 11 is 0. The van der Waals surface area contributed by atoms with Gasteiger partial charge < -0.3 is 15.0 Å². The number of aromatic nitrogens is 1. The van der Waals surface area contributed by atoms with E-state index in [4.69, 9.17) is 10.5 Å². The zero-order valence-electron chi connectivity index (χ0n) is 14.6. The lowest BCUT2D eigenvalue weighted by Crippen LogP contribution is -2.33. The first kappa shape index (κ1) is 16.8. The van der Waals surface area contributed by atoms with Gasteiger partial charge in [-0.3, -0.25) is 4.79 Å². The van der Waals surface area contributed by atoms with Gasteiger partial charge in [0.15, 0.2) is 0 Å². The lowest BCUT2D eigenvalue weighted by atomic mass is 9.84. The molecule has 0 amide bonds. The summed E-state index contributed by atoms with van der Waals surface area (Å²) in [6.07, 6.45) is 0. The number of hydrogen-bond acceptors (Lipinski definition) is 4. The van der Waals surface area contributed by atoms with Crippen molar-refractivity contribution in [2.75, 3.05) is 0 Å². The average Bonchev–Trinajstić information content (AvgIpc) is 2.58. The molecule has 0 spiro atoms. The van der Waals surface area contributed by atoms with E-state index in [1.54, 1.807) is 4.57 Å². The van der Waals surface area contributed by atoms with Gasteiger partial charge in [0.2, 0.25) is 5.88 Å². The molecule has 128 valence electrons. The van der Waals surface area contributed by atoms with Crippen molar-refractivity contribution in [3.05, 3.63) is 75.0 Å². The quantitative estimate of drug-likeness (QED) is 0.935. The van der Waals surface area contributed by atoms with Crippen LogP contribution in [-0.2, 0) is 6.54 Å². The Morgan fingerprint density at radius 3 is 2.60 bits per heavy atom. The second-order valence-electron chi connectivity index (χ2n) is 6.71. The molecule has 2 N–H and O–H groups in total. The molecule has 5 heteroatoms. The molecule has 5 nitrogen and oxygen atoms in total. The molecule has 25 heavy (non-hydrogen) atoms. The highest BCUT2D eigenvalue weighted by atomic mass is 16.5. The smallest absolute Gasteiger partial charge is 0.258 e. The molecule has 3 rings (SSSR count). The van der Waals surface area contributed by atoms with Gasteiger partial charge in [-0.15, -0.1) is 0 Å².